The van der Waals surface area contributed by atoms with Gasteiger partial charge in [-0.05, 0) is 36.0 Å². The Balaban J connectivity index is 2.24. The number of rotatable bonds is 5. The van der Waals surface area contributed by atoms with Crippen LogP contribution in [-0.4, -0.2) is 22.2 Å². The molecule has 1 aliphatic rings. The Kier molecular flexibility index (Phi) is 5.23. The summed E-state index contributed by atoms with van der Waals surface area (Å²) < 4.78 is 0. The highest BCUT2D eigenvalue weighted by Crippen LogP contribution is 2.37. The van der Waals surface area contributed by atoms with Gasteiger partial charge in [0, 0.05) is 5.02 Å². The maximum Gasteiger partial charge on any atom is 0.311 e. The topological polar surface area (TPSA) is 74.6 Å². The van der Waals surface area contributed by atoms with Crippen LogP contribution < -0.4 is 0 Å². The lowest BCUT2D eigenvalue weighted by molar-refractivity contribution is -0.145. The monoisotopic (exact) mass is 310 g/mol. The number of halogens is 1. The van der Waals surface area contributed by atoms with Crippen LogP contribution in [0.3, 0.4) is 0 Å². The molecular formula is C16H19ClO4. The van der Waals surface area contributed by atoms with Crippen LogP contribution >= 0.6 is 11.6 Å². The van der Waals surface area contributed by atoms with Crippen molar-refractivity contribution in [2.75, 3.05) is 0 Å². The van der Waals surface area contributed by atoms with E-state index in [2.05, 4.69) is 0 Å². The molecule has 2 rings (SSSR count). The van der Waals surface area contributed by atoms with Crippen LogP contribution in [0.2, 0.25) is 5.02 Å². The van der Waals surface area contributed by atoms with Crippen LogP contribution in [0.1, 0.15) is 61.5 Å². The predicted octanol–water partition coefficient (Wildman–Crippen LogP) is 4.03. The van der Waals surface area contributed by atoms with Gasteiger partial charge >= 0.3 is 11.9 Å². The maximum absolute atomic E-state index is 11.2. The highest BCUT2D eigenvalue weighted by Gasteiger charge is 2.25. The van der Waals surface area contributed by atoms with Crippen molar-refractivity contribution < 1.29 is 19.8 Å². The number of carboxylic acid groups (broad SMARTS) is 2. The summed E-state index contributed by atoms with van der Waals surface area (Å²) in [6, 6.07) is 5.19. The highest BCUT2D eigenvalue weighted by atomic mass is 35.5. The second-order valence-corrected chi connectivity index (χ2v) is 6.01. The van der Waals surface area contributed by atoms with Gasteiger partial charge in [0.05, 0.1) is 12.3 Å². The van der Waals surface area contributed by atoms with E-state index < -0.39 is 24.3 Å². The lowest BCUT2D eigenvalue weighted by atomic mass is 9.83. The fourth-order valence-corrected chi connectivity index (χ4v) is 3.37. The molecule has 21 heavy (non-hydrogen) atoms. The zero-order chi connectivity index (χ0) is 15.4. The summed E-state index contributed by atoms with van der Waals surface area (Å²) in [5, 5.41) is 18.6. The molecule has 1 atom stereocenters. The van der Waals surface area contributed by atoms with Gasteiger partial charge in [0.1, 0.15) is 0 Å². The third-order valence-electron chi connectivity index (χ3n) is 4.15. The van der Waals surface area contributed by atoms with Crippen molar-refractivity contribution >= 4 is 23.5 Å². The van der Waals surface area contributed by atoms with E-state index in [9.17, 15) is 14.7 Å². The van der Waals surface area contributed by atoms with Crippen molar-refractivity contribution in [3.05, 3.63) is 34.3 Å². The van der Waals surface area contributed by atoms with Crippen molar-refractivity contribution in [2.45, 2.75) is 50.4 Å². The quantitative estimate of drug-likeness (QED) is 0.861. The number of aliphatic carboxylic acids is 2. The van der Waals surface area contributed by atoms with E-state index in [-0.39, 0.29) is 0 Å². The summed E-state index contributed by atoms with van der Waals surface area (Å²) in [7, 11) is 0. The molecule has 0 radical (unpaired) electrons. The smallest absolute Gasteiger partial charge is 0.311 e. The lowest BCUT2D eigenvalue weighted by Gasteiger charge is -2.23. The molecule has 0 heterocycles. The molecule has 0 amide bonds. The van der Waals surface area contributed by atoms with Gasteiger partial charge in [-0.1, -0.05) is 43.0 Å². The van der Waals surface area contributed by atoms with Crippen LogP contribution in [0, 0.1) is 0 Å². The first kappa shape index (κ1) is 15.8. The van der Waals surface area contributed by atoms with Gasteiger partial charge in [0.25, 0.3) is 0 Å². The standard InChI is InChI=1S/C16H19ClO4/c17-14-8-11(13(16(20)21)9-15(18)19)6-7-12(14)10-4-2-1-3-5-10/h6-8,10,13H,1-5,9H2,(H,18,19)(H,20,21). The summed E-state index contributed by atoms with van der Waals surface area (Å²) in [6.07, 6.45) is 5.42. The Morgan fingerprint density at radius 1 is 1.19 bits per heavy atom. The van der Waals surface area contributed by atoms with Crippen LogP contribution in [-0.2, 0) is 9.59 Å². The molecular weight excluding hydrogens is 292 g/mol. The molecule has 1 aliphatic carbocycles. The first-order valence-electron chi connectivity index (χ1n) is 7.23. The molecule has 1 unspecified atom stereocenters. The maximum atomic E-state index is 11.2. The molecule has 0 spiro atoms. The van der Waals surface area contributed by atoms with Crippen LogP contribution in [0.15, 0.2) is 18.2 Å². The summed E-state index contributed by atoms with van der Waals surface area (Å²) in [5.74, 6) is -2.89. The molecule has 0 aliphatic heterocycles. The van der Waals surface area contributed by atoms with Crippen molar-refractivity contribution in [3.63, 3.8) is 0 Å². The second-order valence-electron chi connectivity index (χ2n) is 5.60. The van der Waals surface area contributed by atoms with Gasteiger partial charge in [-0.15, -0.1) is 0 Å². The van der Waals surface area contributed by atoms with Crippen LogP contribution in [0.5, 0.6) is 0 Å². The van der Waals surface area contributed by atoms with Gasteiger partial charge in [0.15, 0.2) is 0 Å². The van der Waals surface area contributed by atoms with Gasteiger partial charge in [-0.2, -0.15) is 0 Å². The minimum Gasteiger partial charge on any atom is -0.481 e. The Bertz CT molecular complexity index is 535. The largest absolute Gasteiger partial charge is 0.481 e. The fraction of sp³-hybridized carbons (Fsp3) is 0.500. The molecule has 1 fully saturated rings. The van der Waals surface area contributed by atoms with Gasteiger partial charge in [0.2, 0.25) is 0 Å². The third-order valence-corrected chi connectivity index (χ3v) is 4.48. The van der Waals surface area contributed by atoms with E-state index in [0.717, 1.165) is 18.4 Å². The van der Waals surface area contributed by atoms with Crippen LogP contribution in [0.4, 0.5) is 0 Å². The van der Waals surface area contributed by atoms with Gasteiger partial charge in [-0.3, -0.25) is 9.59 Å². The SMILES string of the molecule is O=C(O)CC(C(=O)O)c1ccc(C2CCCCC2)c(Cl)c1. The molecule has 2 N–H and O–H groups in total. The van der Waals surface area contributed by atoms with E-state index in [0.29, 0.717) is 16.5 Å². The summed E-state index contributed by atoms with van der Waals surface area (Å²) in [5.41, 5.74) is 1.51. The van der Waals surface area contributed by atoms with E-state index in [1.54, 1.807) is 12.1 Å². The summed E-state index contributed by atoms with van der Waals surface area (Å²) in [6.45, 7) is 0. The molecule has 1 aromatic carbocycles. The van der Waals surface area contributed by atoms with Crippen molar-refractivity contribution in [3.8, 4) is 0 Å². The van der Waals surface area contributed by atoms with Crippen molar-refractivity contribution in [2.24, 2.45) is 0 Å². The molecule has 1 saturated carbocycles. The van der Waals surface area contributed by atoms with Crippen molar-refractivity contribution in [1.29, 1.82) is 0 Å². The molecule has 0 bridgehead atoms. The minimum absolute atomic E-state index is 0.433. The second kappa shape index (κ2) is 6.94. The Morgan fingerprint density at radius 3 is 2.38 bits per heavy atom. The normalized spacial score (nSPS) is 17.4. The Labute approximate surface area is 128 Å². The first-order valence-corrected chi connectivity index (χ1v) is 7.60. The average Bonchev–Trinajstić information content (AvgIpc) is 2.45. The fourth-order valence-electron chi connectivity index (χ4n) is 3.03. The number of hydrogen-bond donors (Lipinski definition) is 2. The minimum atomic E-state index is -1.14. The zero-order valence-corrected chi connectivity index (χ0v) is 12.5. The number of carbonyl (C=O) groups is 2. The third kappa shape index (κ3) is 3.97. The average molecular weight is 311 g/mol. The number of carboxylic acids is 2. The van der Waals surface area contributed by atoms with E-state index in [1.165, 1.54) is 19.3 Å². The number of hydrogen-bond acceptors (Lipinski definition) is 2. The van der Waals surface area contributed by atoms with E-state index in [1.807, 2.05) is 6.07 Å². The molecule has 1 aromatic rings. The molecule has 0 aromatic heterocycles. The molecule has 4 nitrogen and oxygen atoms in total. The number of benzene rings is 1. The van der Waals surface area contributed by atoms with E-state index in [4.69, 9.17) is 16.7 Å². The van der Waals surface area contributed by atoms with E-state index >= 15 is 0 Å². The van der Waals surface area contributed by atoms with Gasteiger partial charge < -0.3 is 10.2 Å². The predicted molar refractivity (Wildman–Crippen MR) is 79.9 cm³/mol. The van der Waals surface area contributed by atoms with Crippen molar-refractivity contribution in [1.82, 2.24) is 0 Å². The van der Waals surface area contributed by atoms with Crippen LogP contribution in [0.25, 0.3) is 0 Å². The first-order chi connectivity index (χ1) is 9.99. The molecule has 0 saturated heterocycles. The molecule has 5 heteroatoms. The zero-order valence-electron chi connectivity index (χ0n) is 11.7. The Morgan fingerprint density at radius 2 is 1.86 bits per heavy atom. The molecule has 114 valence electrons. The lowest BCUT2D eigenvalue weighted by Crippen LogP contribution is -2.16. The van der Waals surface area contributed by atoms with Gasteiger partial charge in [-0.25, -0.2) is 0 Å². The summed E-state index contributed by atoms with van der Waals surface area (Å²) in [4.78, 5) is 22.0. The highest BCUT2D eigenvalue weighted by molar-refractivity contribution is 6.31. The Hall–Kier alpha value is -1.55. The summed E-state index contributed by atoms with van der Waals surface area (Å²) >= 11 is 6.31.